The third kappa shape index (κ3) is 4.91. The molecule has 25 heavy (non-hydrogen) atoms. The van der Waals surface area contributed by atoms with Crippen LogP contribution >= 0.6 is 27.5 Å². The summed E-state index contributed by atoms with van der Waals surface area (Å²) in [5, 5.41) is 13.2. The lowest BCUT2D eigenvalue weighted by atomic mass is 10.2. The minimum Gasteiger partial charge on any atom is -0.452 e. The number of hydrogen-bond donors (Lipinski definition) is 2. The van der Waals surface area contributed by atoms with Crippen LogP contribution in [0.3, 0.4) is 0 Å². The second kappa shape index (κ2) is 7.95. The first-order valence-corrected chi connectivity index (χ1v) is 7.91. The van der Waals surface area contributed by atoms with Crippen LogP contribution in [-0.4, -0.2) is 23.4 Å². The fourth-order valence-corrected chi connectivity index (χ4v) is 2.35. The van der Waals surface area contributed by atoms with Gasteiger partial charge in [0.05, 0.1) is 21.2 Å². The summed E-state index contributed by atoms with van der Waals surface area (Å²) in [5.74, 6) is -1.48. The van der Waals surface area contributed by atoms with E-state index >= 15 is 0 Å². The molecule has 0 aliphatic carbocycles. The summed E-state index contributed by atoms with van der Waals surface area (Å²) in [5.41, 5.74) is 5.80. The van der Waals surface area contributed by atoms with Gasteiger partial charge in [0.15, 0.2) is 6.61 Å². The summed E-state index contributed by atoms with van der Waals surface area (Å²) >= 11 is 9.08. The van der Waals surface area contributed by atoms with Crippen LogP contribution in [-0.2, 0) is 9.53 Å². The maximum absolute atomic E-state index is 12.0. The SMILES string of the molecule is Nc1ccc(Br)cc1C(=O)OCC(=O)Nc1cc([N+](=O)[O-])ccc1Cl. The summed E-state index contributed by atoms with van der Waals surface area (Å²) < 4.78 is 5.51. The number of carbonyl (C=O) groups excluding carboxylic acids is 2. The molecule has 0 saturated heterocycles. The molecule has 10 heteroatoms. The molecule has 0 spiro atoms. The highest BCUT2D eigenvalue weighted by Gasteiger charge is 2.16. The molecule has 0 bridgehead atoms. The number of benzene rings is 2. The van der Waals surface area contributed by atoms with Gasteiger partial charge in [0.2, 0.25) is 0 Å². The van der Waals surface area contributed by atoms with Crippen molar-refractivity contribution >= 4 is 56.5 Å². The van der Waals surface area contributed by atoms with Gasteiger partial charge in [-0.05, 0) is 24.3 Å². The van der Waals surface area contributed by atoms with E-state index in [4.69, 9.17) is 22.1 Å². The van der Waals surface area contributed by atoms with E-state index in [0.29, 0.717) is 4.47 Å². The smallest absolute Gasteiger partial charge is 0.340 e. The molecule has 0 fully saturated rings. The van der Waals surface area contributed by atoms with Gasteiger partial charge in [0.1, 0.15) is 0 Å². The van der Waals surface area contributed by atoms with Crippen molar-refractivity contribution in [2.24, 2.45) is 0 Å². The fourth-order valence-electron chi connectivity index (χ4n) is 1.82. The van der Waals surface area contributed by atoms with Gasteiger partial charge < -0.3 is 15.8 Å². The van der Waals surface area contributed by atoms with Crippen molar-refractivity contribution in [1.82, 2.24) is 0 Å². The van der Waals surface area contributed by atoms with Gasteiger partial charge in [0.25, 0.3) is 11.6 Å². The Bertz CT molecular complexity index is 859. The number of nitro benzene ring substituents is 1. The van der Waals surface area contributed by atoms with E-state index in [1.54, 1.807) is 6.07 Å². The number of anilines is 2. The molecule has 0 saturated carbocycles. The van der Waals surface area contributed by atoms with Crippen LogP contribution in [0, 0.1) is 10.1 Å². The zero-order valence-electron chi connectivity index (χ0n) is 12.5. The van der Waals surface area contributed by atoms with Gasteiger partial charge >= 0.3 is 5.97 Å². The lowest BCUT2D eigenvalue weighted by Gasteiger charge is -2.09. The molecule has 3 N–H and O–H groups in total. The van der Waals surface area contributed by atoms with E-state index in [2.05, 4.69) is 21.2 Å². The number of nitrogens with zero attached hydrogens (tertiary/aromatic N) is 1. The first kappa shape index (κ1) is 18.7. The Morgan fingerprint density at radius 3 is 2.68 bits per heavy atom. The summed E-state index contributed by atoms with van der Waals surface area (Å²) in [6.45, 7) is -0.607. The number of ether oxygens (including phenoxy) is 1. The molecule has 0 aromatic heterocycles. The minimum absolute atomic E-state index is 0.0406. The van der Waals surface area contributed by atoms with Crippen LogP contribution in [0.25, 0.3) is 0 Å². The number of esters is 1. The van der Waals surface area contributed by atoms with Crippen molar-refractivity contribution in [3.8, 4) is 0 Å². The van der Waals surface area contributed by atoms with Crippen molar-refractivity contribution in [3.05, 3.63) is 61.6 Å². The van der Waals surface area contributed by atoms with Crippen LogP contribution in [0.2, 0.25) is 5.02 Å². The Hall–Kier alpha value is -2.65. The van der Waals surface area contributed by atoms with E-state index in [1.807, 2.05) is 0 Å². The largest absolute Gasteiger partial charge is 0.452 e. The van der Waals surface area contributed by atoms with Crippen LogP contribution in [0.15, 0.2) is 40.9 Å². The minimum atomic E-state index is -0.779. The molecule has 1 amide bonds. The topological polar surface area (TPSA) is 125 Å². The third-order valence-electron chi connectivity index (χ3n) is 3.00. The number of halogens is 2. The highest BCUT2D eigenvalue weighted by atomic mass is 79.9. The molecule has 0 radical (unpaired) electrons. The lowest BCUT2D eigenvalue weighted by molar-refractivity contribution is -0.384. The second-order valence-electron chi connectivity index (χ2n) is 4.78. The first-order valence-electron chi connectivity index (χ1n) is 6.74. The van der Waals surface area contributed by atoms with Crippen LogP contribution < -0.4 is 11.1 Å². The standard InChI is InChI=1S/C15H11BrClN3O5/c16-8-1-4-12(18)10(5-8)15(22)25-7-14(21)19-13-6-9(20(23)24)2-3-11(13)17/h1-6H,7,18H2,(H,19,21). The highest BCUT2D eigenvalue weighted by molar-refractivity contribution is 9.10. The molecule has 0 aliphatic rings. The van der Waals surface area contributed by atoms with E-state index in [1.165, 1.54) is 24.3 Å². The van der Waals surface area contributed by atoms with Crippen molar-refractivity contribution < 1.29 is 19.2 Å². The van der Waals surface area contributed by atoms with E-state index in [9.17, 15) is 19.7 Å². The molecule has 8 nitrogen and oxygen atoms in total. The first-order chi connectivity index (χ1) is 11.8. The number of nitrogens with two attached hydrogens (primary N) is 1. The number of carbonyl (C=O) groups is 2. The van der Waals surface area contributed by atoms with E-state index in [-0.39, 0.29) is 27.6 Å². The molecular weight excluding hydrogens is 418 g/mol. The molecule has 130 valence electrons. The number of nitrogen functional groups attached to an aromatic ring is 1. The lowest BCUT2D eigenvalue weighted by Crippen LogP contribution is -2.21. The zero-order chi connectivity index (χ0) is 18.6. The molecule has 0 aliphatic heterocycles. The summed E-state index contributed by atoms with van der Waals surface area (Å²) in [4.78, 5) is 34.0. The second-order valence-corrected chi connectivity index (χ2v) is 6.10. The Morgan fingerprint density at radius 1 is 1.28 bits per heavy atom. The zero-order valence-corrected chi connectivity index (χ0v) is 14.8. The number of nitro groups is 1. The highest BCUT2D eigenvalue weighted by Crippen LogP contribution is 2.26. The number of rotatable bonds is 5. The van der Waals surface area contributed by atoms with Crippen LogP contribution in [0.5, 0.6) is 0 Å². The fraction of sp³-hybridized carbons (Fsp3) is 0.0667. The Labute approximate surface area is 155 Å². The van der Waals surface area contributed by atoms with Crippen molar-refractivity contribution in [3.63, 3.8) is 0 Å². The van der Waals surface area contributed by atoms with Gasteiger partial charge in [-0.15, -0.1) is 0 Å². The van der Waals surface area contributed by atoms with Crippen LogP contribution in [0.4, 0.5) is 17.1 Å². The van der Waals surface area contributed by atoms with Crippen molar-refractivity contribution in [2.75, 3.05) is 17.7 Å². The molecule has 2 rings (SSSR count). The molecule has 0 unspecified atom stereocenters. The molecular formula is C15H11BrClN3O5. The molecule has 0 heterocycles. The van der Waals surface area contributed by atoms with Gasteiger partial charge in [-0.2, -0.15) is 0 Å². The average molecular weight is 429 g/mol. The maximum atomic E-state index is 12.0. The Morgan fingerprint density at radius 2 is 2.00 bits per heavy atom. The normalized spacial score (nSPS) is 10.2. The predicted molar refractivity (Wildman–Crippen MR) is 95.6 cm³/mol. The molecule has 2 aromatic carbocycles. The monoisotopic (exact) mass is 427 g/mol. The quantitative estimate of drug-likeness (QED) is 0.325. The summed E-state index contributed by atoms with van der Waals surface area (Å²) in [7, 11) is 0. The summed E-state index contributed by atoms with van der Waals surface area (Å²) in [6, 6.07) is 8.23. The van der Waals surface area contributed by atoms with Gasteiger partial charge in [-0.1, -0.05) is 27.5 Å². The van der Waals surface area contributed by atoms with Crippen molar-refractivity contribution in [1.29, 1.82) is 0 Å². The molecule has 2 aromatic rings. The Kier molecular flexibility index (Phi) is 5.94. The maximum Gasteiger partial charge on any atom is 0.340 e. The number of non-ortho nitro benzene ring substituents is 1. The van der Waals surface area contributed by atoms with Gasteiger partial charge in [-0.25, -0.2) is 4.79 Å². The average Bonchev–Trinajstić information content (AvgIpc) is 2.56. The predicted octanol–water partition coefficient (Wildman–Crippen LogP) is 3.39. The Balaban J connectivity index is 2.01. The van der Waals surface area contributed by atoms with Crippen molar-refractivity contribution in [2.45, 2.75) is 0 Å². The van der Waals surface area contributed by atoms with Gasteiger partial charge in [-0.3, -0.25) is 14.9 Å². The number of nitrogens with one attached hydrogen (secondary N) is 1. The summed E-state index contributed by atoms with van der Waals surface area (Å²) in [6.07, 6.45) is 0. The van der Waals surface area contributed by atoms with E-state index < -0.39 is 23.4 Å². The van der Waals surface area contributed by atoms with Crippen LogP contribution in [0.1, 0.15) is 10.4 Å². The number of amides is 1. The number of hydrogen-bond acceptors (Lipinski definition) is 6. The molecule has 0 atom stereocenters. The van der Waals surface area contributed by atoms with Gasteiger partial charge in [0, 0.05) is 22.3 Å². The third-order valence-corrected chi connectivity index (χ3v) is 3.83. The van der Waals surface area contributed by atoms with E-state index in [0.717, 1.165) is 6.07 Å².